The summed E-state index contributed by atoms with van der Waals surface area (Å²) in [6, 6.07) is 9.53. The van der Waals surface area contributed by atoms with E-state index in [0.717, 1.165) is 52.9 Å². The summed E-state index contributed by atoms with van der Waals surface area (Å²) in [5, 5.41) is 12.4. The Bertz CT molecular complexity index is 2440. The highest BCUT2D eigenvalue weighted by Gasteiger charge is 2.44. The van der Waals surface area contributed by atoms with Crippen molar-refractivity contribution in [2.45, 2.75) is 57.3 Å². The Hall–Kier alpha value is -6.42. The standard InChI is InChI=1S/C40H40N8O8/c1-22(56-25-5-6-27-28(17-25)40(53)48(39(27)52)33-7-8-36(49)42-37(33)50)32-21-47(44-43-32)24-10-13-46(14-11-24)20-31-34(54-3)15-23(16-35(31)55-4)30-19-45(2)38(51)29-18-41-12-9-26(29)30/h5-6,9,12,15-19,21-22,24,33H,7-8,10-11,13-14,20H2,1-4H3,(H,42,49,50)/t22-,33?/m1/s1. The van der Waals surface area contributed by atoms with Gasteiger partial charge in [-0.05, 0) is 73.5 Å². The van der Waals surface area contributed by atoms with Crippen molar-refractivity contribution in [3.8, 4) is 28.4 Å². The number of pyridine rings is 2. The van der Waals surface area contributed by atoms with Crippen LogP contribution in [0.5, 0.6) is 17.2 Å². The second-order valence-electron chi connectivity index (χ2n) is 14.3. The number of carbonyl (C=O) groups is 4. The molecule has 0 spiro atoms. The van der Waals surface area contributed by atoms with Crippen LogP contribution in [0, 0.1) is 0 Å². The number of benzene rings is 2. The van der Waals surface area contributed by atoms with E-state index in [4.69, 9.17) is 14.2 Å². The summed E-state index contributed by atoms with van der Waals surface area (Å²) in [5.74, 6) is -0.511. The lowest BCUT2D eigenvalue weighted by atomic mass is 9.98. The average Bonchev–Trinajstić information content (AvgIpc) is 3.79. The number of hydrogen-bond donors (Lipinski definition) is 1. The molecule has 2 atom stereocenters. The van der Waals surface area contributed by atoms with E-state index >= 15 is 0 Å². The number of imide groups is 2. The molecule has 2 aromatic carbocycles. The Morgan fingerprint density at radius 1 is 0.875 bits per heavy atom. The highest BCUT2D eigenvalue weighted by Crippen LogP contribution is 2.39. The molecule has 0 aliphatic carbocycles. The minimum atomic E-state index is -1.04. The predicted octanol–water partition coefficient (Wildman–Crippen LogP) is 3.59. The second kappa shape index (κ2) is 14.7. The molecule has 1 N–H and O–H groups in total. The molecule has 2 fully saturated rings. The van der Waals surface area contributed by atoms with Crippen LogP contribution in [0.2, 0.25) is 0 Å². The van der Waals surface area contributed by atoms with Crippen molar-refractivity contribution in [1.29, 1.82) is 0 Å². The van der Waals surface area contributed by atoms with Crippen LogP contribution in [-0.2, 0) is 23.2 Å². The van der Waals surface area contributed by atoms with Gasteiger partial charge in [0.15, 0.2) is 0 Å². The fourth-order valence-corrected chi connectivity index (χ4v) is 7.85. The molecule has 0 saturated carbocycles. The zero-order valence-electron chi connectivity index (χ0n) is 31.4. The maximum atomic E-state index is 13.3. The van der Waals surface area contributed by atoms with Crippen LogP contribution in [-0.4, -0.2) is 91.3 Å². The first-order valence-electron chi connectivity index (χ1n) is 18.4. The Morgan fingerprint density at radius 2 is 1.61 bits per heavy atom. The number of fused-ring (bicyclic) bond motifs is 2. The number of nitrogens with one attached hydrogen (secondary N) is 1. The molecule has 56 heavy (non-hydrogen) atoms. The van der Waals surface area contributed by atoms with Crippen LogP contribution in [0.4, 0.5) is 0 Å². The van der Waals surface area contributed by atoms with Gasteiger partial charge < -0.3 is 18.8 Å². The van der Waals surface area contributed by atoms with Crippen molar-refractivity contribution < 1.29 is 33.4 Å². The molecule has 8 rings (SSSR count). The van der Waals surface area contributed by atoms with E-state index in [1.165, 1.54) is 12.1 Å². The molecule has 3 aliphatic heterocycles. The summed E-state index contributed by atoms with van der Waals surface area (Å²) in [4.78, 5) is 70.6. The number of likely N-dealkylation sites (tertiary alicyclic amines) is 1. The Morgan fingerprint density at radius 3 is 2.32 bits per heavy atom. The lowest BCUT2D eigenvalue weighted by molar-refractivity contribution is -0.136. The third-order valence-corrected chi connectivity index (χ3v) is 10.9. The van der Waals surface area contributed by atoms with Gasteiger partial charge in [-0.1, -0.05) is 5.21 Å². The number of piperidine rings is 2. The van der Waals surface area contributed by atoms with Crippen molar-refractivity contribution in [2.75, 3.05) is 27.3 Å². The third-order valence-electron chi connectivity index (χ3n) is 10.9. The molecule has 2 saturated heterocycles. The van der Waals surface area contributed by atoms with Gasteiger partial charge in [0.25, 0.3) is 17.4 Å². The largest absolute Gasteiger partial charge is 0.496 e. The molecule has 3 aromatic heterocycles. The second-order valence-corrected chi connectivity index (χ2v) is 14.3. The Labute approximate surface area is 320 Å². The number of amides is 4. The van der Waals surface area contributed by atoms with Crippen LogP contribution in [0.3, 0.4) is 0 Å². The molecule has 0 bridgehead atoms. The molecule has 3 aliphatic rings. The zero-order valence-corrected chi connectivity index (χ0v) is 31.4. The average molecular weight is 761 g/mol. The summed E-state index contributed by atoms with van der Waals surface area (Å²) in [5.41, 5.74) is 3.49. The number of rotatable bonds is 10. The number of nitrogens with zero attached hydrogens (tertiary/aromatic N) is 7. The van der Waals surface area contributed by atoms with Gasteiger partial charge in [-0.25, -0.2) is 4.68 Å². The summed E-state index contributed by atoms with van der Waals surface area (Å²) >= 11 is 0. The van der Waals surface area contributed by atoms with Gasteiger partial charge in [-0.3, -0.25) is 44.1 Å². The first kappa shape index (κ1) is 36.6. The van der Waals surface area contributed by atoms with Gasteiger partial charge in [-0.2, -0.15) is 0 Å². The van der Waals surface area contributed by atoms with E-state index in [0.29, 0.717) is 34.9 Å². The van der Waals surface area contributed by atoms with E-state index in [9.17, 15) is 24.0 Å². The highest BCUT2D eigenvalue weighted by molar-refractivity contribution is 6.23. The van der Waals surface area contributed by atoms with Gasteiger partial charge in [0.05, 0.1) is 48.5 Å². The summed E-state index contributed by atoms with van der Waals surface area (Å²) in [7, 11) is 5.02. The highest BCUT2D eigenvalue weighted by atomic mass is 16.5. The third kappa shape index (κ3) is 6.55. The van der Waals surface area contributed by atoms with Crippen LogP contribution < -0.4 is 25.1 Å². The van der Waals surface area contributed by atoms with Crippen molar-refractivity contribution >= 4 is 34.4 Å². The maximum absolute atomic E-state index is 13.3. The van der Waals surface area contributed by atoms with Gasteiger partial charge >= 0.3 is 0 Å². The predicted molar refractivity (Wildman–Crippen MR) is 201 cm³/mol. The number of ether oxygens (including phenoxy) is 3. The number of methoxy groups -OCH3 is 2. The molecule has 16 nitrogen and oxygen atoms in total. The molecule has 4 amide bonds. The topological polar surface area (TPSA) is 180 Å². The van der Waals surface area contributed by atoms with Crippen LogP contribution in [0.25, 0.3) is 21.9 Å². The molecule has 16 heteroatoms. The van der Waals surface area contributed by atoms with E-state index in [1.54, 1.807) is 44.3 Å². The maximum Gasteiger partial charge on any atom is 0.262 e. The fourth-order valence-electron chi connectivity index (χ4n) is 7.85. The van der Waals surface area contributed by atoms with E-state index < -0.39 is 35.8 Å². The number of carbonyl (C=O) groups excluding carboxylic acids is 4. The van der Waals surface area contributed by atoms with Crippen LogP contribution in [0.1, 0.15) is 76.7 Å². The van der Waals surface area contributed by atoms with E-state index in [1.807, 2.05) is 42.2 Å². The molecular formula is C40H40N8O8. The van der Waals surface area contributed by atoms with Crippen molar-refractivity contribution in [1.82, 2.24) is 39.7 Å². The SMILES string of the molecule is COc1cc(-c2cn(C)c(=O)c3cnccc23)cc(OC)c1CN1CCC(n2cc([C@@H](C)Oc3ccc4c(c3)C(=O)N(C3CCC(=O)NC3=O)C4=O)nn2)CC1. The van der Waals surface area contributed by atoms with Gasteiger partial charge in [0.2, 0.25) is 11.8 Å². The fraction of sp³-hybridized carbons (Fsp3) is 0.350. The molecular weight excluding hydrogens is 720 g/mol. The first-order valence-corrected chi connectivity index (χ1v) is 18.4. The van der Waals surface area contributed by atoms with Gasteiger partial charge in [0, 0.05) is 57.3 Å². The van der Waals surface area contributed by atoms with Crippen molar-refractivity contribution in [2.24, 2.45) is 7.05 Å². The van der Waals surface area contributed by atoms with Crippen LogP contribution >= 0.6 is 0 Å². The summed E-state index contributed by atoms with van der Waals surface area (Å²) in [6.07, 6.45) is 8.26. The smallest absolute Gasteiger partial charge is 0.262 e. The lowest BCUT2D eigenvalue weighted by Gasteiger charge is -2.32. The van der Waals surface area contributed by atoms with E-state index in [2.05, 4.69) is 25.5 Å². The molecule has 5 aromatic rings. The minimum Gasteiger partial charge on any atom is -0.496 e. The van der Waals surface area contributed by atoms with Gasteiger partial charge in [0.1, 0.15) is 35.1 Å². The number of hydrogen-bond acceptors (Lipinski definition) is 12. The zero-order chi connectivity index (χ0) is 39.2. The molecule has 1 unspecified atom stereocenters. The van der Waals surface area contributed by atoms with Crippen LogP contribution in [0.15, 0.2) is 66.0 Å². The normalized spacial score (nSPS) is 18.3. The van der Waals surface area contributed by atoms with Crippen molar-refractivity contribution in [3.05, 3.63) is 93.9 Å². The molecule has 0 radical (unpaired) electrons. The number of aromatic nitrogens is 5. The van der Waals surface area contributed by atoms with Crippen molar-refractivity contribution in [3.63, 3.8) is 0 Å². The monoisotopic (exact) mass is 760 g/mol. The molecule has 6 heterocycles. The van der Waals surface area contributed by atoms with E-state index in [-0.39, 0.29) is 35.6 Å². The quantitative estimate of drug-likeness (QED) is 0.205. The Kier molecular flexibility index (Phi) is 9.58. The summed E-state index contributed by atoms with van der Waals surface area (Å²) < 4.78 is 21.4. The first-order chi connectivity index (χ1) is 27.0. The van der Waals surface area contributed by atoms with Gasteiger partial charge in [-0.15, -0.1) is 5.10 Å². The molecule has 288 valence electrons. The Balaban J connectivity index is 0.913. The number of aryl methyl sites for hydroxylation is 1. The summed E-state index contributed by atoms with van der Waals surface area (Å²) in [6.45, 7) is 4.05. The lowest BCUT2D eigenvalue weighted by Crippen LogP contribution is -2.54. The minimum absolute atomic E-state index is 0.0484.